The standard InChI is InChI=1S/C16H30N4O6/c1-15(21)18-5-9-25-13-11-23-7-2-3-16(22)4-8-24-12-14-26-10-6-19-20-17/h2-14H2,1H3,(H,18,21). The molecule has 10 heteroatoms. The van der Waals surface area contributed by atoms with Gasteiger partial charge in [0.2, 0.25) is 5.91 Å². The fraction of sp³-hybridized carbons (Fsp3) is 0.875. The fourth-order valence-electron chi connectivity index (χ4n) is 1.78. The van der Waals surface area contributed by atoms with Gasteiger partial charge in [-0.05, 0) is 12.0 Å². The van der Waals surface area contributed by atoms with Crippen molar-refractivity contribution in [3.05, 3.63) is 10.4 Å². The molecule has 26 heavy (non-hydrogen) atoms. The molecule has 0 saturated heterocycles. The molecule has 0 saturated carbocycles. The van der Waals surface area contributed by atoms with E-state index in [1.807, 2.05) is 0 Å². The predicted octanol–water partition coefficient (Wildman–Crippen LogP) is 1.24. The zero-order valence-corrected chi connectivity index (χ0v) is 15.5. The zero-order valence-electron chi connectivity index (χ0n) is 15.5. The normalized spacial score (nSPS) is 10.3. The van der Waals surface area contributed by atoms with Crippen LogP contribution in [0.1, 0.15) is 26.2 Å². The monoisotopic (exact) mass is 374 g/mol. The highest BCUT2D eigenvalue weighted by atomic mass is 16.5. The number of amides is 1. The van der Waals surface area contributed by atoms with Crippen molar-refractivity contribution < 1.29 is 28.5 Å². The first kappa shape index (κ1) is 24.3. The van der Waals surface area contributed by atoms with Crippen LogP contribution in [-0.2, 0) is 28.5 Å². The van der Waals surface area contributed by atoms with Gasteiger partial charge in [0.15, 0.2) is 0 Å². The summed E-state index contributed by atoms with van der Waals surface area (Å²) in [6.45, 7) is 5.73. The molecule has 0 heterocycles. The summed E-state index contributed by atoms with van der Waals surface area (Å²) in [6.07, 6.45) is 1.52. The Bertz CT molecular complexity index is 416. The Morgan fingerprint density at radius 3 is 2.15 bits per heavy atom. The summed E-state index contributed by atoms with van der Waals surface area (Å²) < 4.78 is 21.1. The number of ether oxygens (including phenoxy) is 4. The molecule has 0 atom stereocenters. The molecule has 0 radical (unpaired) electrons. The highest BCUT2D eigenvalue weighted by Crippen LogP contribution is 1.97. The van der Waals surface area contributed by atoms with E-state index in [1.165, 1.54) is 6.92 Å². The number of hydrogen-bond acceptors (Lipinski definition) is 7. The first-order chi connectivity index (χ1) is 12.7. The van der Waals surface area contributed by atoms with E-state index in [0.29, 0.717) is 85.2 Å². The average molecular weight is 374 g/mol. The van der Waals surface area contributed by atoms with Crippen LogP contribution >= 0.6 is 0 Å². The van der Waals surface area contributed by atoms with Crippen molar-refractivity contribution in [2.24, 2.45) is 5.11 Å². The highest BCUT2D eigenvalue weighted by molar-refractivity contribution is 5.78. The number of nitrogens with one attached hydrogen (secondary N) is 1. The second-order valence-electron chi connectivity index (χ2n) is 5.28. The van der Waals surface area contributed by atoms with Crippen molar-refractivity contribution in [3.8, 4) is 0 Å². The molecular formula is C16H30N4O6. The van der Waals surface area contributed by atoms with Crippen LogP contribution in [0.15, 0.2) is 5.11 Å². The minimum Gasteiger partial charge on any atom is -0.379 e. The number of nitrogens with zero attached hydrogens (tertiary/aromatic N) is 3. The van der Waals surface area contributed by atoms with E-state index in [-0.39, 0.29) is 11.7 Å². The van der Waals surface area contributed by atoms with Crippen LogP contribution in [0.25, 0.3) is 10.4 Å². The van der Waals surface area contributed by atoms with Gasteiger partial charge >= 0.3 is 0 Å². The summed E-state index contributed by atoms with van der Waals surface area (Å²) >= 11 is 0. The summed E-state index contributed by atoms with van der Waals surface area (Å²) in [5.41, 5.74) is 8.07. The molecule has 0 fully saturated rings. The van der Waals surface area contributed by atoms with Crippen LogP contribution in [0, 0.1) is 0 Å². The molecule has 0 aromatic heterocycles. The second-order valence-corrected chi connectivity index (χ2v) is 5.28. The third-order valence-corrected chi connectivity index (χ3v) is 3.03. The predicted molar refractivity (Wildman–Crippen MR) is 94.8 cm³/mol. The molecule has 0 aromatic rings. The average Bonchev–Trinajstić information content (AvgIpc) is 2.61. The van der Waals surface area contributed by atoms with E-state index in [1.54, 1.807) is 0 Å². The molecule has 0 spiro atoms. The van der Waals surface area contributed by atoms with Crippen molar-refractivity contribution in [1.29, 1.82) is 0 Å². The van der Waals surface area contributed by atoms with Crippen LogP contribution in [0.2, 0.25) is 0 Å². The Hall–Kier alpha value is -1.71. The van der Waals surface area contributed by atoms with E-state index in [2.05, 4.69) is 15.3 Å². The number of hydrogen-bond donors (Lipinski definition) is 1. The first-order valence-electron chi connectivity index (χ1n) is 8.74. The Morgan fingerprint density at radius 1 is 0.885 bits per heavy atom. The zero-order chi connectivity index (χ0) is 19.3. The van der Waals surface area contributed by atoms with E-state index in [0.717, 1.165) is 0 Å². The van der Waals surface area contributed by atoms with E-state index >= 15 is 0 Å². The molecule has 0 rings (SSSR count). The maximum atomic E-state index is 11.6. The molecule has 1 amide bonds. The van der Waals surface area contributed by atoms with E-state index in [9.17, 15) is 9.59 Å². The van der Waals surface area contributed by atoms with Crippen LogP contribution in [0.3, 0.4) is 0 Å². The van der Waals surface area contributed by atoms with Crippen molar-refractivity contribution in [3.63, 3.8) is 0 Å². The first-order valence-corrected chi connectivity index (χ1v) is 8.74. The van der Waals surface area contributed by atoms with E-state index < -0.39 is 0 Å². The van der Waals surface area contributed by atoms with Crippen LogP contribution in [0.5, 0.6) is 0 Å². The number of carbonyl (C=O) groups excluding carboxylic acids is 2. The van der Waals surface area contributed by atoms with Gasteiger partial charge in [0.1, 0.15) is 5.78 Å². The smallest absolute Gasteiger partial charge is 0.216 e. The van der Waals surface area contributed by atoms with Gasteiger partial charge in [-0.25, -0.2) is 0 Å². The lowest BCUT2D eigenvalue weighted by Crippen LogP contribution is -2.24. The molecule has 0 unspecified atom stereocenters. The lowest BCUT2D eigenvalue weighted by atomic mass is 10.2. The third kappa shape index (κ3) is 20.3. The molecule has 0 aromatic carbocycles. The quantitative estimate of drug-likeness (QED) is 0.157. The van der Waals surface area contributed by atoms with Gasteiger partial charge < -0.3 is 24.3 Å². The molecule has 0 bridgehead atoms. The minimum atomic E-state index is -0.0736. The summed E-state index contributed by atoms with van der Waals surface area (Å²) in [6, 6.07) is 0. The van der Waals surface area contributed by atoms with Gasteiger partial charge in [-0.3, -0.25) is 9.59 Å². The maximum Gasteiger partial charge on any atom is 0.216 e. The topological polar surface area (TPSA) is 132 Å². The molecule has 1 N–H and O–H groups in total. The van der Waals surface area contributed by atoms with Crippen LogP contribution in [0.4, 0.5) is 0 Å². The van der Waals surface area contributed by atoms with Crippen LogP contribution in [-0.4, -0.2) is 77.6 Å². The lowest BCUT2D eigenvalue weighted by molar-refractivity contribution is -0.121. The van der Waals surface area contributed by atoms with Crippen molar-refractivity contribution >= 4 is 11.7 Å². The number of ketones is 1. The minimum absolute atomic E-state index is 0.0736. The molecule has 10 nitrogen and oxygen atoms in total. The fourth-order valence-corrected chi connectivity index (χ4v) is 1.78. The summed E-state index contributed by atoms with van der Waals surface area (Å²) in [5.74, 6) is 0.0694. The number of Topliss-reactive ketones (excluding diaryl/α,β-unsaturated/α-hetero) is 1. The third-order valence-electron chi connectivity index (χ3n) is 3.03. The lowest BCUT2D eigenvalue weighted by Gasteiger charge is -2.06. The van der Waals surface area contributed by atoms with E-state index in [4.69, 9.17) is 24.5 Å². The summed E-state index contributed by atoms with van der Waals surface area (Å²) in [5, 5.41) is 5.97. The second kappa shape index (κ2) is 19.6. The van der Waals surface area contributed by atoms with Crippen molar-refractivity contribution in [2.45, 2.75) is 26.2 Å². The number of carbonyl (C=O) groups is 2. The Labute approximate surface area is 154 Å². The summed E-state index contributed by atoms with van der Waals surface area (Å²) in [4.78, 5) is 24.9. The highest BCUT2D eigenvalue weighted by Gasteiger charge is 2.02. The molecular weight excluding hydrogens is 344 g/mol. The number of azide groups is 1. The summed E-state index contributed by atoms with van der Waals surface area (Å²) in [7, 11) is 0. The molecule has 0 aliphatic heterocycles. The molecule has 0 aliphatic carbocycles. The molecule has 150 valence electrons. The maximum absolute atomic E-state index is 11.6. The van der Waals surface area contributed by atoms with Gasteiger partial charge in [0.25, 0.3) is 0 Å². The van der Waals surface area contributed by atoms with Gasteiger partial charge in [0.05, 0.1) is 46.2 Å². The van der Waals surface area contributed by atoms with Crippen LogP contribution < -0.4 is 5.32 Å². The van der Waals surface area contributed by atoms with Gasteiger partial charge in [-0.2, -0.15) is 0 Å². The Morgan fingerprint density at radius 2 is 1.50 bits per heavy atom. The van der Waals surface area contributed by atoms with Crippen molar-refractivity contribution in [2.75, 3.05) is 65.9 Å². The van der Waals surface area contributed by atoms with Crippen molar-refractivity contribution in [1.82, 2.24) is 5.32 Å². The SMILES string of the molecule is CC(=O)NCCOCCOCCCC(=O)CCOCCOCCN=[N+]=[N-]. The Balaban J connectivity index is 3.20. The van der Waals surface area contributed by atoms with Gasteiger partial charge in [-0.15, -0.1) is 0 Å². The molecule has 0 aliphatic rings. The van der Waals surface area contributed by atoms with Gasteiger partial charge in [-0.1, -0.05) is 5.11 Å². The largest absolute Gasteiger partial charge is 0.379 e. The van der Waals surface area contributed by atoms with Gasteiger partial charge in [0, 0.05) is 44.4 Å². The number of rotatable bonds is 19. The Kier molecular flexibility index (Phi) is 18.3.